The van der Waals surface area contributed by atoms with Gasteiger partial charge < -0.3 is 4.98 Å². The number of hydrogen-bond donors (Lipinski definition) is 1. The summed E-state index contributed by atoms with van der Waals surface area (Å²) < 4.78 is 52.1. The minimum Gasteiger partial charge on any atom is -0.345 e. The second kappa shape index (κ2) is 4.33. The molecule has 3 aromatic rings. The van der Waals surface area contributed by atoms with Gasteiger partial charge in [0.25, 0.3) is 0 Å². The van der Waals surface area contributed by atoms with Gasteiger partial charge in [-0.15, -0.1) is 0 Å². The standard InChI is InChI=1S/C14H8F4N2/c15-12-6-5-9-10(7-19-13(9)20-12)8-3-1-2-4-11(8)14(16,17)18/h1-7H,(H,19,20). The van der Waals surface area contributed by atoms with Crippen molar-refractivity contribution in [3.63, 3.8) is 0 Å². The van der Waals surface area contributed by atoms with E-state index in [-0.39, 0.29) is 11.2 Å². The summed E-state index contributed by atoms with van der Waals surface area (Å²) in [5, 5.41) is 0.447. The lowest BCUT2D eigenvalue weighted by Gasteiger charge is -2.11. The number of benzene rings is 1. The Morgan fingerprint density at radius 3 is 2.45 bits per heavy atom. The number of nitrogens with zero attached hydrogens (tertiary/aromatic N) is 1. The third-order valence-corrected chi connectivity index (χ3v) is 3.03. The second-order valence-electron chi connectivity index (χ2n) is 4.28. The number of nitrogens with one attached hydrogen (secondary N) is 1. The lowest BCUT2D eigenvalue weighted by molar-refractivity contribution is -0.137. The van der Waals surface area contributed by atoms with Gasteiger partial charge in [-0.1, -0.05) is 18.2 Å². The molecule has 0 atom stereocenters. The van der Waals surface area contributed by atoms with E-state index in [1.807, 2.05) is 0 Å². The van der Waals surface area contributed by atoms with Gasteiger partial charge in [-0.3, -0.25) is 0 Å². The van der Waals surface area contributed by atoms with E-state index in [9.17, 15) is 17.6 Å². The van der Waals surface area contributed by atoms with Crippen LogP contribution in [0.1, 0.15) is 5.56 Å². The molecule has 0 aliphatic rings. The molecule has 0 aliphatic carbocycles. The minimum atomic E-state index is -4.45. The van der Waals surface area contributed by atoms with Crippen molar-refractivity contribution in [3.8, 4) is 11.1 Å². The molecule has 2 aromatic heterocycles. The Hall–Kier alpha value is -2.37. The first-order valence-corrected chi connectivity index (χ1v) is 5.77. The fourth-order valence-corrected chi connectivity index (χ4v) is 2.17. The number of hydrogen-bond acceptors (Lipinski definition) is 1. The molecule has 0 aliphatic heterocycles. The van der Waals surface area contributed by atoms with Crippen LogP contribution in [0, 0.1) is 5.95 Å². The second-order valence-corrected chi connectivity index (χ2v) is 4.28. The zero-order chi connectivity index (χ0) is 14.3. The van der Waals surface area contributed by atoms with E-state index in [2.05, 4.69) is 9.97 Å². The Bertz CT molecular complexity index is 774. The van der Waals surface area contributed by atoms with Gasteiger partial charge in [0.2, 0.25) is 5.95 Å². The van der Waals surface area contributed by atoms with Crippen LogP contribution in [0.15, 0.2) is 42.6 Å². The first-order valence-electron chi connectivity index (χ1n) is 5.77. The van der Waals surface area contributed by atoms with E-state index in [0.717, 1.165) is 12.1 Å². The van der Waals surface area contributed by atoms with Gasteiger partial charge in [0.15, 0.2) is 0 Å². The van der Waals surface area contributed by atoms with Crippen LogP contribution in [0.5, 0.6) is 0 Å². The van der Waals surface area contributed by atoms with Crippen LogP contribution in [-0.2, 0) is 6.18 Å². The molecule has 0 saturated heterocycles. The number of aromatic amines is 1. The molecule has 2 nitrogen and oxygen atoms in total. The minimum absolute atomic E-state index is 0.0414. The summed E-state index contributed by atoms with van der Waals surface area (Å²) in [5.41, 5.74) is -0.123. The SMILES string of the molecule is Fc1ccc2c(-c3ccccc3C(F)(F)F)c[nH]c2n1. The average Bonchev–Trinajstić information content (AvgIpc) is 2.80. The molecule has 102 valence electrons. The van der Waals surface area contributed by atoms with Gasteiger partial charge in [0.05, 0.1) is 5.56 Å². The quantitative estimate of drug-likeness (QED) is 0.520. The monoisotopic (exact) mass is 280 g/mol. The normalized spacial score (nSPS) is 12.0. The smallest absolute Gasteiger partial charge is 0.345 e. The van der Waals surface area contributed by atoms with E-state index in [0.29, 0.717) is 10.9 Å². The molecule has 20 heavy (non-hydrogen) atoms. The number of rotatable bonds is 1. The molecule has 0 spiro atoms. The van der Waals surface area contributed by atoms with Crippen LogP contribution < -0.4 is 0 Å². The molecular weight excluding hydrogens is 272 g/mol. The molecule has 3 rings (SSSR count). The molecule has 0 unspecified atom stereocenters. The van der Waals surface area contributed by atoms with E-state index in [1.54, 1.807) is 0 Å². The fourth-order valence-electron chi connectivity index (χ4n) is 2.17. The number of alkyl halides is 3. The van der Waals surface area contributed by atoms with E-state index < -0.39 is 17.7 Å². The van der Waals surface area contributed by atoms with E-state index in [4.69, 9.17) is 0 Å². The Morgan fingerprint density at radius 2 is 1.70 bits per heavy atom. The van der Waals surface area contributed by atoms with Crippen molar-refractivity contribution in [2.24, 2.45) is 0 Å². The Balaban J connectivity index is 2.27. The van der Waals surface area contributed by atoms with Crippen LogP contribution in [0.25, 0.3) is 22.2 Å². The Labute approximate surface area is 111 Å². The van der Waals surface area contributed by atoms with Crippen molar-refractivity contribution < 1.29 is 17.6 Å². The number of H-pyrrole nitrogens is 1. The molecule has 1 aromatic carbocycles. The van der Waals surface area contributed by atoms with Crippen molar-refractivity contribution in [1.29, 1.82) is 0 Å². The molecule has 1 N–H and O–H groups in total. The van der Waals surface area contributed by atoms with Crippen LogP contribution in [0.2, 0.25) is 0 Å². The fraction of sp³-hybridized carbons (Fsp3) is 0.0714. The first kappa shape index (κ1) is 12.7. The summed E-state index contributed by atoms with van der Waals surface area (Å²) in [6, 6.07) is 7.80. The summed E-state index contributed by atoms with van der Waals surface area (Å²) in [4.78, 5) is 6.30. The van der Waals surface area contributed by atoms with Gasteiger partial charge in [-0.2, -0.15) is 17.6 Å². The molecule has 0 bridgehead atoms. The molecule has 6 heteroatoms. The zero-order valence-corrected chi connectivity index (χ0v) is 10.0. The van der Waals surface area contributed by atoms with Gasteiger partial charge in [-0.05, 0) is 23.8 Å². The first-order chi connectivity index (χ1) is 9.47. The van der Waals surface area contributed by atoms with Crippen LogP contribution in [0.4, 0.5) is 17.6 Å². The summed E-state index contributed by atoms with van der Waals surface area (Å²) in [5.74, 6) is -0.685. The average molecular weight is 280 g/mol. The highest BCUT2D eigenvalue weighted by molar-refractivity contribution is 5.94. The van der Waals surface area contributed by atoms with E-state index in [1.165, 1.54) is 30.5 Å². The van der Waals surface area contributed by atoms with Gasteiger partial charge >= 0.3 is 6.18 Å². The lowest BCUT2D eigenvalue weighted by atomic mass is 9.99. The summed E-state index contributed by atoms with van der Waals surface area (Å²) >= 11 is 0. The highest BCUT2D eigenvalue weighted by Crippen LogP contribution is 2.39. The lowest BCUT2D eigenvalue weighted by Crippen LogP contribution is -2.06. The van der Waals surface area contributed by atoms with Crippen LogP contribution in [0.3, 0.4) is 0 Å². The summed E-state index contributed by atoms with van der Waals surface area (Å²) in [7, 11) is 0. The molecule has 0 fully saturated rings. The maximum atomic E-state index is 13.0. The molecule has 0 saturated carbocycles. The van der Waals surface area contributed by atoms with Crippen molar-refractivity contribution >= 4 is 11.0 Å². The molecular formula is C14H8F4N2. The zero-order valence-electron chi connectivity index (χ0n) is 10.0. The predicted molar refractivity (Wildman–Crippen MR) is 66.5 cm³/mol. The van der Waals surface area contributed by atoms with Crippen LogP contribution in [-0.4, -0.2) is 9.97 Å². The maximum Gasteiger partial charge on any atom is 0.417 e. The number of aromatic nitrogens is 2. The number of fused-ring (bicyclic) bond motifs is 1. The van der Waals surface area contributed by atoms with Crippen molar-refractivity contribution in [2.75, 3.05) is 0 Å². The molecule has 2 heterocycles. The third-order valence-electron chi connectivity index (χ3n) is 3.03. The van der Waals surface area contributed by atoms with E-state index >= 15 is 0 Å². The van der Waals surface area contributed by atoms with Crippen molar-refractivity contribution in [1.82, 2.24) is 9.97 Å². The third kappa shape index (κ3) is 2.03. The highest BCUT2D eigenvalue weighted by atomic mass is 19.4. The Morgan fingerprint density at radius 1 is 0.950 bits per heavy atom. The van der Waals surface area contributed by atoms with Gasteiger partial charge in [0, 0.05) is 17.1 Å². The largest absolute Gasteiger partial charge is 0.417 e. The predicted octanol–water partition coefficient (Wildman–Crippen LogP) is 4.39. The van der Waals surface area contributed by atoms with Gasteiger partial charge in [-0.25, -0.2) is 4.98 Å². The Kier molecular flexibility index (Phi) is 2.74. The molecule has 0 radical (unpaired) electrons. The maximum absolute atomic E-state index is 13.0. The topological polar surface area (TPSA) is 28.7 Å². The summed E-state index contributed by atoms with van der Waals surface area (Å²) in [6.45, 7) is 0. The highest BCUT2D eigenvalue weighted by Gasteiger charge is 2.33. The number of halogens is 4. The van der Waals surface area contributed by atoms with Crippen molar-refractivity contribution in [3.05, 3.63) is 54.1 Å². The van der Waals surface area contributed by atoms with Crippen molar-refractivity contribution in [2.45, 2.75) is 6.18 Å². The molecule has 0 amide bonds. The number of pyridine rings is 1. The van der Waals surface area contributed by atoms with Gasteiger partial charge in [0.1, 0.15) is 5.65 Å². The summed E-state index contributed by atoms with van der Waals surface area (Å²) in [6.07, 6.45) is -3.05. The van der Waals surface area contributed by atoms with Crippen LogP contribution >= 0.6 is 0 Å².